The number of carbonyl (C=O) groups is 1. The van der Waals surface area contributed by atoms with E-state index in [2.05, 4.69) is 27.2 Å². The van der Waals surface area contributed by atoms with Crippen LogP contribution in [0, 0.1) is 0 Å². The fraction of sp³-hybridized carbons (Fsp3) is 0.529. The molecular formula is C17H24N4OS. The first-order chi connectivity index (χ1) is 11.3. The third-order valence-electron chi connectivity index (χ3n) is 4.36. The van der Waals surface area contributed by atoms with Crippen LogP contribution in [0.4, 0.5) is 4.79 Å². The second-order valence-electron chi connectivity index (χ2n) is 6.06. The molecule has 124 valence electrons. The summed E-state index contributed by atoms with van der Waals surface area (Å²) in [5, 5.41) is 12.5. The highest BCUT2D eigenvalue weighted by atomic mass is 32.1. The molecule has 2 aromatic rings. The highest BCUT2D eigenvalue weighted by Gasteiger charge is 2.18. The van der Waals surface area contributed by atoms with Gasteiger partial charge >= 0.3 is 6.03 Å². The van der Waals surface area contributed by atoms with E-state index in [1.165, 1.54) is 30.6 Å². The molecular weight excluding hydrogens is 308 g/mol. The Morgan fingerprint density at radius 1 is 1.30 bits per heavy atom. The van der Waals surface area contributed by atoms with Gasteiger partial charge in [0.25, 0.3) is 0 Å². The minimum atomic E-state index is -0.0642. The molecule has 1 atom stereocenters. The van der Waals surface area contributed by atoms with Crippen LogP contribution in [0.3, 0.4) is 0 Å². The molecule has 1 fully saturated rings. The van der Waals surface area contributed by atoms with Gasteiger partial charge in [-0.15, -0.1) is 11.3 Å². The molecule has 0 bridgehead atoms. The van der Waals surface area contributed by atoms with Crippen molar-refractivity contribution in [3.63, 3.8) is 0 Å². The first-order valence-corrected chi connectivity index (χ1v) is 9.28. The minimum Gasteiger partial charge on any atom is -0.336 e. The van der Waals surface area contributed by atoms with Crippen molar-refractivity contribution in [1.82, 2.24) is 20.4 Å². The van der Waals surface area contributed by atoms with Gasteiger partial charge in [-0.1, -0.05) is 31.7 Å². The molecule has 2 heterocycles. The number of aromatic nitrogens is 2. The van der Waals surface area contributed by atoms with Gasteiger partial charge in [-0.3, -0.25) is 4.68 Å². The topological polar surface area (TPSA) is 59.0 Å². The number of hydrogen-bond donors (Lipinski definition) is 2. The minimum absolute atomic E-state index is 0.0462. The molecule has 1 aliphatic carbocycles. The van der Waals surface area contributed by atoms with Crippen molar-refractivity contribution >= 4 is 17.4 Å². The Bertz CT molecular complexity index is 540. The van der Waals surface area contributed by atoms with E-state index in [9.17, 15) is 4.79 Å². The van der Waals surface area contributed by atoms with E-state index in [-0.39, 0.29) is 12.1 Å². The SMILES string of the molecule is O=C(NCC(c1cccs1)n1cccn1)NC1CCCCCC1. The highest BCUT2D eigenvalue weighted by molar-refractivity contribution is 7.10. The number of thiophene rings is 1. The fourth-order valence-electron chi connectivity index (χ4n) is 3.12. The molecule has 5 nitrogen and oxygen atoms in total. The molecule has 1 aliphatic rings. The van der Waals surface area contributed by atoms with Crippen molar-refractivity contribution in [2.24, 2.45) is 0 Å². The molecule has 3 rings (SSSR count). The first-order valence-electron chi connectivity index (χ1n) is 8.40. The number of nitrogens with zero attached hydrogens (tertiary/aromatic N) is 2. The van der Waals surface area contributed by atoms with Crippen molar-refractivity contribution in [1.29, 1.82) is 0 Å². The van der Waals surface area contributed by atoms with Crippen LogP contribution >= 0.6 is 11.3 Å². The average molecular weight is 332 g/mol. The molecule has 0 spiro atoms. The zero-order valence-electron chi connectivity index (χ0n) is 13.3. The molecule has 2 N–H and O–H groups in total. The maximum atomic E-state index is 12.2. The molecule has 23 heavy (non-hydrogen) atoms. The van der Waals surface area contributed by atoms with Crippen LogP contribution in [0.5, 0.6) is 0 Å². The van der Waals surface area contributed by atoms with Gasteiger partial charge in [-0.05, 0) is 30.4 Å². The summed E-state index contributed by atoms with van der Waals surface area (Å²) in [6.07, 6.45) is 10.9. The molecule has 0 aliphatic heterocycles. The van der Waals surface area contributed by atoms with Crippen LogP contribution in [-0.4, -0.2) is 28.4 Å². The molecule has 2 amide bonds. The van der Waals surface area contributed by atoms with Crippen LogP contribution < -0.4 is 10.6 Å². The molecule has 1 saturated carbocycles. The van der Waals surface area contributed by atoms with Crippen molar-refractivity contribution in [2.45, 2.75) is 50.6 Å². The summed E-state index contributed by atoms with van der Waals surface area (Å²) >= 11 is 1.69. The highest BCUT2D eigenvalue weighted by Crippen LogP contribution is 2.22. The Labute approximate surface area is 141 Å². The van der Waals surface area contributed by atoms with Crippen molar-refractivity contribution in [3.05, 3.63) is 40.8 Å². The van der Waals surface area contributed by atoms with Gasteiger partial charge in [0, 0.05) is 29.9 Å². The summed E-state index contributed by atoms with van der Waals surface area (Å²) < 4.78 is 1.90. The summed E-state index contributed by atoms with van der Waals surface area (Å²) in [6.45, 7) is 0.542. The standard InChI is InChI=1S/C17H24N4OS/c22-17(20-14-7-3-1-2-4-8-14)18-13-15(16-9-5-12-23-16)21-11-6-10-19-21/h5-6,9-12,14-15H,1-4,7-8,13H2,(H2,18,20,22). The van der Waals surface area contributed by atoms with Crippen LogP contribution in [0.1, 0.15) is 49.4 Å². The monoisotopic (exact) mass is 332 g/mol. The normalized spacial score (nSPS) is 17.4. The predicted molar refractivity (Wildman–Crippen MR) is 92.7 cm³/mol. The Kier molecular flexibility index (Phi) is 5.69. The third-order valence-corrected chi connectivity index (χ3v) is 5.34. The van der Waals surface area contributed by atoms with Crippen LogP contribution in [0.2, 0.25) is 0 Å². The van der Waals surface area contributed by atoms with Crippen LogP contribution in [0.25, 0.3) is 0 Å². The molecule has 0 radical (unpaired) electrons. The van der Waals surface area contributed by atoms with Crippen molar-refractivity contribution in [2.75, 3.05) is 6.54 Å². The molecule has 0 saturated heterocycles. The van der Waals surface area contributed by atoms with Crippen LogP contribution in [-0.2, 0) is 0 Å². The lowest BCUT2D eigenvalue weighted by Crippen LogP contribution is -2.43. The lowest BCUT2D eigenvalue weighted by atomic mass is 10.1. The summed E-state index contributed by atoms with van der Waals surface area (Å²) in [6, 6.07) is 6.33. The number of nitrogens with one attached hydrogen (secondary N) is 2. The maximum Gasteiger partial charge on any atom is 0.315 e. The Balaban J connectivity index is 1.55. The van der Waals surface area contributed by atoms with E-state index in [4.69, 9.17) is 0 Å². The summed E-state index contributed by atoms with van der Waals surface area (Å²) in [5.41, 5.74) is 0. The number of amides is 2. The zero-order valence-corrected chi connectivity index (χ0v) is 14.1. The molecule has 6 heteroatoms. The average Bonchev–Trinajstić information content (AvgIpc) is 3.20. The van der Waals surface area contributed by atoms with Gasteiger partial charge in [0.05, 0.1) is 0 Å². The smallest absolute Gasteiger partial charge is 0.315 e. The Morgan fingerprint density at radius 3 is 2.78 bits per heavy atom. The number of urea groups is 1. The fourth-order valence-corrected chi connectivity index (χ4v) is 3.94. The van der Waals surface area contributed by atoms with Gasteiger partial charge < -0.3 is 10.6 Å². The third kappa shape index (κ3) is 4.58. The molecule has 2 aromatic heterocycles. The van der Waals surface area contributed by atoms with Crippen LogP contribution in [0.15, 0.2) is 36.0 Å². The predicted octanol–water partition coefficient (Wildman–Crippen LogP) is 3.56. The van der Waals surface area contributed by atoms with Gasteiger partial charge in [-0.25, -0.2) is 4.79 Å². The van der Waals surface area contributed by atoms with E-state index < -0.39 is 0 Å². The van der Waals surface area contributed by atoms with Crippen molar-refractivity contribution < 1.29 is 4.79 Å². The molecule has 0 aromatic carbocycles. The number of hydrogen-bond acceptors (Lipinski definition) is 3. The summed E-state index contributed by atoms with van der Waals surface area (Å²) in [5.74, 6) is 0. The van der Waals surface area contributed by atoms with E-state index in [0.29, 0.717) is 12.6 Å². The first kappa shape index (κ1) is 16.1. The summed E-state index contributed by atoms with van der Waals surface area (Å²) in [4.78, 5) is 13.4. The Morgan fingerprint density at radius 2 is 2.13 bits per heavy atom. The number of carbonyl (C=O) groups excluding carboxylic acids is 1. The van der Waals surface area contributed by atoms with E-state index in [1.54, 1.807) is 17.5 Å². The van der Waals surface area contributed by atoms with Gasteiger partial charge in [0.15, 0.2) is 0 Å². The Hall–Kier alpha value is -1.82. The second-order valence-corrected chi connectivity index (χ2v) is 7.04. The largest absolute Gasteiger partial charge is 0.336 e. The lowest BCUT2D eigenvalue weighted by molar-refractivity contribution is 0.234. The lowest BCUT2D eigenvalue weighted by Gasteiger charge is -2.20. The number of rotatable bonds is 5. The van der Waals surface area contributed by atoms with E-state index in [1.807, 2.05) is 23.0 Å². The second kappa shape index (κ2) is 8.15. The van der Waals surface area contributed by atoms with E-state index in [0.717, 1.165) is 12.8 Å². The summed E-state index contributed by atoms with van der Waals surface area (Å²) in [7, 11) is 0. The maximum absolute atomic E-state index is 12.2. The zero-order chi connectivity index (χ0) is 15.9. The quantitative estimate of drug-likeness (QED) is 0.823. The van der Waals surface area contributed by atoms with Crippen molar-refractivity contribution in [3.8, 4) is 0 Å². The van der Waals surface area contributed by atoms with Gasteiger partial charge in [0.2, 0.25) is 0 Å². The molecule has 1 unspecified atom stereocenters. The van der Waals surface area contributed by atoms with Gasteiger partial charge in [0.1, 0.15) is 6.04 Å². The van der Waals surface area contributed by atoms with E-state index >= 15 is 0 Å². The van der Waals surface area contributed by atoms with Gasteiger partial charge in [-0.2, -0.15) is 5.10 Å².